The van der Waals surface area contributed by atoms with E-state index in [0.29, 0.717) is 0 Å². The highest BCUT2D eigenvalue weighted by Gasteiger charge is 2.38. The Bertz CT molecular complexity index is 396. The quantitative estimate of drug-likeness (QED) is 0.621. The van der Waals surface area contributed by atoms with Crippen LogP contribution in [0.4, 0.5) is 0 Å². The van der Waals surface area contributed by atoms with E-state index in [2.05, 4.69) is 15.9 Å². The van der Waals surface area contributed by atoms with Gasteiger partial charge < -0.3 is 9.47 Å². The first-order valence-electron chi connectivity index (χ1n) is 5.74. The lowest BCUT2D eigenvalue weighted by Crippen LogP contribution is -2.42. The van der Waals surface area contributed by atoms with Crippen molar-refractivity contribution in [3.63, 3.8) is 0 Å². The highest BCUT2D eigenvalue weighted by atomic mass is 79.9. The molecule has 1 fully saturated rings. The zero-order valence-corrected chi connectivity index (χ0v) is 12.1. The zero-order chi connectivity index (χ0) is 12.3. The molecule has 1 saturated carbocycles. The lowest BCUT2D eigenvalue weighted by molar-refractivity contribution is -0.205. The molecule has 1 aliphatic rings. The molecule has 0 bridgehead atoms. The molecule has 0 amide bonds. The minimum absolute atomic E-state index is 0.275. The van der Waals surface area contributed by atoms with Crippen molar-refractivity contribution in [3.05, 3.63) is 15.9 Å². The molecule has 94 valence electrons. The summed E-state index contributed by atoms with van der Waals surface area (Å²) in [6, 6.07) is 3.83. The second kappa shape index (κ2) is 5.40. The molecule has 0 atom stereocenters. The van der Waals surface area contributed by atoms with Crippen molar-refractivity contribution in [2.75, 3.05) is 0 Å². The Morgan fingerprint density at radius 3 is 2.59 bits per heavy atom. The average molecular weight is 319 g/mol. The van der Waals surface area contributed by atoms with Crippen LogP contribution in [0.2, 0.25) is 0 Å². The fourth-order valence-electron chi connectivity index (χ4n) is 2.11. The molecular weight excluding hydrogens is 304 g/mol. The summed E-state index contributed by atoms with van der Waals surface area (Å²) in [6.45, 7) is 1.43. The Hall–Kier alpha value is -0.550. The minimum atomic E-state index is -0.742. The van der Waals surface area contributed by atoms with Crippen LogP contribution in [-0.4, -0.2) is 11.8 Å². The molecule has 0 unspecified atom stereocenters. The van der Waals surface area contributed by atoms with Crippen molar-refractivity contribution in [1.29, 1.82) is 0 Å². The molecule has 17 heavy (non-hydrogen) atoms. The van der Waals surface area contributed by atoms with E-state index in [1.54, 1.807) is 0 Å². The van der Waals surface area contributed by atoms with E-state index in [-0.39, 0.29) is 5.97 Å². The first kappa shape index (κ1) is 12.9. The molecule has 0 radical (unpaired) electrons. The highest BCUT2D eigenvalue weighted by Crippen LogP contribution is 2.38. The molecule has 3 nitrogen and oxygen atoms in total. The van der Waals surface area contributed by atoms with Crippen LogP contribution < -0.4 is 4.74 Å². The van der Waals surface area contributed by atoms with Gasteiger partial charge in [0.05, 0.1) is 3.79 Å². The van der Waals surface area contributed by atoms with Crippen LogP contribution in [0.25, 0.3) is 0 Å². The third-order valence-corrected chi connectivity index (χ3v) is 4.28. The van der Waals surface area contributed by atoms with Gasteiger partial charge in [0.25, 0.3) is 5.79 Å². The van der Waals surface area contributed by atoms with Gasteiger partial charge in [0.2, 0.25) is 0 Å². The maximum atomic E-state index is 11.2. The van der Waals surface area contributed by atoms with Crippen LogP contribution in [-0.2, 0) is 9.53 Å². The summed E-state index contributed by atoms with van der Waals surface area (Å²) in [5.41, 5.74) is 0. The molecule has 0 aromatic carbocycles. The zero-order valence-electron chi connectivity index (χ0n) is 9.70. The van der Waals surface area contributed by atoms with Gasteiger partial charge in [0, 0.05) is 19.8 Å². The van der Waals surface area contributed by atoms with Crippen molar-refractivity contribution < 1.29 is 14.3 Å². The van der Waals surface area contributed by atoms with Crippen LogP contribution in [0.3, 0.4) is 0 Å². The summed E-state index contributed by atoms with van der Waals surface area (Å²) in [5, 5.41) is 0.792. The van der Waals surface area contributed by atoms with Gasteiger partial charge in [-0.2, -0.15) is 0 Å². The van der Waals surface area contributed by atoms with Crippen molar-refractivity contribution >= 4 is 33.2 Å². The van der Waals surface area contributed by atoms with Gasteiger partial charge in [-0.05, 0) is 40.9 Å². The molecule has 2 rings (SSSR count). The lowest BCUT2D eigenvalue weighted by Gasteiger charge is -2.35. The highest BCUT2D eigenvalue weighted by molar-refractivity contribution is 9.11. The van der Waals surface area contributed by atoms with E-state index in [1.165, 1.54) is 24.7 Å². The summed E-state index contributed by atoms with van der Waals surface area (Å²) in [5.74, 6) is -1.02. The van der Waals surface area contributed by atoms with Crippen LogP contribution in [0, 0.1) is 0 Å². The Kier molecular flexibility index (Phi) is 4.09. The summed E-state index contributed by atoms with van der Waals surface area (Å²) in [6.07, 6.45) is 4.82. The van der Waals surface area contributed by atoms with E-state index in [4.69, 9.17) is 9.47 Å². The monoisotopic (exact) mass is 318 g/mol. The summed E-state index contributed by atoms with van der Waals surface area (Å²) >= 11 is 4.91. The Balaban J connectivity index is 2.12. The number of rotatable bonds is 3. The van der Waals surface area contributed by atoms with Gasteiger partial charge >= 0.3 is 5.97 Å². The molecule has 0 spiro atoms. The van der Waals surface area contributed by atoms with Crippen LogP contribution in [0.5, 0.6) is 5.06 Å². The molecule has 0 N–H and O–H groups in total. The fourth-order valence-corrected chi connectivity index (χ4v) is 3.38. The first-order valence-corrected chi connectivity index (χ1v) is 7.35. The Morgan fingerprint density at radius 1 is 1.35 bits per heavy atom. The Labute approximate surface area is 113 Å². The fraction of sp³-hybridized carbons (Fsp3) is 0.583. The first-order chi connectivity index (χ1) is 8.10. The SMILES string of the molecule is CC(=O)OC1(Oc2ccc(Br)s2)CCCCC1. The van der Waals surface area contributed by atoms with E-state index in [9.17, 15) is 4.79 Å². The maximum absolute atomic E-state index is 11.2. The Morgan fingerprint density at radius 2 is 2.06 bits per heavy atom. The minimum Gasteiger partial charge on any atom is -0.443 e. The van der Waals surface area contributed by atoms with Gasteiger partial charge in [0.15, 0.2) is 5.06 Å². The summed E-state index contributed by atoms with van der Waals surface area (Å²) < 4.78 is 12.4. The molecular formula is C12H15BrO3S. The number of ether oxygens (including phenoxy) is 2. The molecule has 5 heteroatoms. The van der Waals surface area contributed by atoms with E-state index >= 15 is 0 Å². The molecule has 0 saturated heterocycles. The second-order valence-electron chi connectivity index (χ2n) is 4.23. The van der Waals surface area contributed by atoms with Gasteiger partial charge in [-0.1, -0.05) is 17.8 Å². The lowest BCUT2D eigenvalue weighted by atomic mass is 9.94. The number of halogens is 1. The molecule has 1 aliphatic carbocycles. The molecule has 1 aromatic heterocycles. The average Bonchev–Trinajstić information content (AvgIpc) is 2.63. The molecule has 1 heterocycles. The number of hydrogen-bond donors (Lipinski definition) is 0. The van der Waals surface area contributed by atoms with Crippen LogP contribution in [0.1, 0.15) is 39.0 Å². The number of thiophene rings is 1. The van der Waals surface area contributed by atoms with Gasteiger partial charge in [0.1, 0.15) is 0 Å². The third-order valence-electron chi connectivity index (χ3n) is 2.78. The molecule has 1 aromatic rings. The predicted octanol–water partition coefficient (Wildman–Crippen LogP) is 4.11. The normalized spacial score (nSPS) is 18.7. The second-order valence-corrected chi connectivity index (χ2v) is 6.65. The van der Waals surface area contributed by atoms with Crippen molar-refractivity contribution in [2.24, 2.45) is 0 Å². The summed E-state index contributed by atoms with van der Waals surface area (Å²) in [7, 11) is 0. The third kappa shape index (κ3) is 3.45. The topological polar surface area (TPSA) is 35.5 Å². The molecule has 0 aliphatic heterocycles. The van der Waals surface area contributed by atoms with Crippen LogP contribution >= 0.6 is 27.3 Å². The number of hydrogen-bond acceptors (Lipinski definition) is 4. The smallest absolute Gasteiger partial charge is 0.305 e. The van der Waals surface area contributed by atoms with Gasteiger partial charge in [-0.3, -0.25) is 4.79 Å². The standard InChI is InChI=1S/C12H15BrO3S/c1-9(14)15-12(7-3-2-4-8-12)16-11-6-5-10(13)17-11/h5-6H,2-4,7-8H2,1H3. The number of esters is 1. The van der Waals surface area contributed by atoms with Gasteiger partial charge in [-0.15, -0.1) is 0 Å². The van der Waals surface area contributed by atoms with Gasteiger partial charge in [-0.25, -0.2) is 0 Å². The van der Waals surface area contributed by atoms with Crippen molar-refractivity contribution in [1.82, 2.24) is 0 Å². The largest absolute Gasteiger partial charge is 0.443 e. The van der Waals surface area contributed by atoms with Crippen LogP contribution in [0.15, 0.2) is 15.9 Å². The maximum Gasteiger partial charge on any atom is 0.305 e. The predicted molar refractivity (Wildman–Crippen MR) is 70.2 cm³/mol. The van der Waals surface area contributed by atoms with Crippen molar-refractivity contribution in [3.8, 4) is 5.06 Å². The summed E-state index contributed by atoms with van der Waals surface area (Å²) in [4.78, 5) is 11.2. The number of carbonyl (C=O) groups excluding carboxylic acids is 1. The van der Waals surface area contributed by atoms with Crippen molar-refractivity contribution in [2.45, 2.75) is 44.8 Å². The van der Waals surface area contributed by atoms with E-state index in [1.807, 2.05) is 12.1 Å². The van der Waals surface area contributed by atoms with E-state index in [0.717, 1.165) is 34.5 Å². The van der Waals surface area contributed by atoms with E-state index < -0.39 is 5.79 Å². The number of carbonyl (C=O) groups is 1.